The van der Waals surface area contributed by atoms with Crippen LogP contribution in [0.15, 0.2) is 54.6 Å². The minimum Gasteiger partial charge on any atom is -0.494 e. The summed E-state index contributed by atoms with van der Waals surface area (Å²) < 4.78 is 11.9. The van der Waals surface area contributed by atoms with Crippen molar-refractivity contribution in [1.29, 1.82) is 0 Å². The van der Waals surface area contributed by atoms with Crippen LogP contribution in [0.3, 0.4) is 0 Å². The Kier molecular flexibility index (Phi) is 7.17. The summed E-state index contributed by atoms with van der Waals surface area (Å²) in [6.45, 7) is 2.89. The highest BCUT2D eigenvalue weighted by atomic mass is 16.5. The van der Waals surface area contributed by atoms with Crippen LogP contribution in [0.5, 0.6) is 5.75 Å². The van der Waals surface area contributed by atoms with Gasteiger partial charge < -0.3 is 30.1 Å². The van der Waals surface area contributed by atoms with Crippen molar-refractivity contribution in [2.75, 3.05) is 25.1 Å². The molecule has 3 amide bonds. The second-order valence-electron chi connectivity index (χ2n) is 9.81. The highest BCUT2D eigenvalue weighted by Crippen LogP contribution is 2.58. The van der Waals surface area contributed by atoms with Gasteiger partial charge >= 0.3 is 0 Å². The van der Waals surface area contributed by atoms with E-state index in [0.717, 1.165) is 5.56 Å². The first-order valence-corrected chi connectivity index (χ1v) is 12.9. The predicted octanol–water partition coefficient (Wildman–Crippen LogP) is 2.10. The van der Waals surface area contributed by atoms with Gasteiger partial charge in [0.15, 0.2) is 0 Å². The third kappa shape index (κ3) is 4.57. The van der Waals surface area contributed by atoms with E-state index >= 15 is 0 Å². The average molecular weight is 508 g/mol. The van der Waals surface area contributed by atoms with E-state index in [2.05, 4.69) is 10.6 Å². The van der Waals surface area contributed by atoms with Gasteiger partial charge in [-0.2, -0.15) is 0 Å². The van der Waals surface area contributed by atoms with Crippen LogP contribution in [0.4, 0.5) is 5.69 Å². The molecule has 0 saturated carbocycles. The van der Waals surface area contributed by atoms with Gasteiger partial charge in [0.25, 0.3) is 0 Å². The molecule has 3 saturated heterocycles. The molecule has 2 aromatic rings. The van der Waals surface area contributed by atoms with Crippen LogP contribution >= 0.6 is 0 Å². The number of anilines is 1. The SMILES string of the molecule is CCOc1ccc(NC(=O)[C@@H]2[C@H]3C(=O)N(CCCO)C(C(=O)NCc4ccccc4)C34CC[C@H]2O4)cc1. The van der Waals surface area contributed by atoms with E-state index in [-0.39, 0.29) is 30.9 Å². The number of aliphatic hydroxyl groups is 1. The normalized spacial score (nSPS) is 27.7. The molecule has 0 aromatic heterocycles. The molecule has 3 fully saturated rings. The number of nitrogens with zero attached hydrogens (tertiary/aromatic N) is 1. The standard InChI is InChI=1S/C28H33N3O6/c1-2-36-20-11-9-19(10-12-20)30-25(33)22-21-13-14-28(37-21)23(22)27(35)31(15-6-16-32)24(28)26(34)29-17-18-7-4-3-5-8-18/h3-5,7-12,21-24,32H,2,6,13-17H2,1H3,(H,29,34)(H,30,33)/t21-,22+,23+,24?,28?/m1/s1. The first-order valence-electron chi connectivity index (χ1n) is 12.9. The summed E-state index contributed by atoms with van der Waals surface area (Å²) in [4.78, 5) is 42.3. The number of carbonyl (C=O) groups is 3. The van der Waals surface area contributed by atoms with Crippen LogP contribution < -0.4 is 15.4 Å². The van der Waals surface area contributed by atoms with E-state index < -0.39 is 29.6 Å². The number of ether oxygens (including phenoxy) is 2. The van der Waals surface area contributed by atoms with Crippen LogP contribution in [-0.2, 0) is 25.7 Å². The number of benzene rings is 2. The minimum absolute atomic E-state index is 0.106. The summed E-state index contributed by atoms with van der Waals surface area (Å²) in [5, 5.41) is 15.3. The van der Waals surface area contributed by atoms with Gasteiger partial charge in [0.05, 0.1) is 24.5 Å². The van der Waals surface area contributed by atoms with E-state index in [1.807, 2.05) is 37.3 Å². The van der Waals surface area contributed by atoms with Crippen LogP contribution in [0.2, 0.25) is 0 Å². The maximum absolute atomic E-state index is 13.7. The topological polar surface area (TPSA) is 117 Å². The maximum Gasteiger partial charge on any atom is 0.246 e. The fraction of sp³-hybridized carbons (Fsp3) is 0.464. The molecule has 2 aromatic carbocycles. The van der Waals surface area contributed by atoms with Crippen molar-refractivity contribution in [1.82, 2.24) is 10.2 Å². The monoisotopic (exact) mass is 507 g/mol. The van der Waals surface area contributed by atoms with E-state index in [1.165, 1.54) is 4.90 Å². The molecule has 9 nitrogen and oxygen atoms in total. The van der Waals surface area contributed by atoms with E-state index in [1.54, 1.807) is 24.3 Å². The number of rotatable bonds is 10. The molecule has 3 heterocycles. The summed E-state index contributed by atoms with van der Waals surface area (Å²) in [6.07, 6.45) is 1.03. The van der Waals surface area contributed by atoms with Gasteiger partial charge in [-0.15, -0.1) is 0 Å². The van der Waals surface area contributed by atoms with Crippen LogP contribution in [0.25, 0.3) is 0 Å². The Bertz CT molecular complexity index is 1140. The van der Waals surface area contributed by atoms with Crippen LogP contribution in [-0.4, -0.2) is 65.2 Å². The third-order valence-corrected chi connectivity index (χ3v) is 7.65. The molecule has 2 bridgehead atoms. The highest BCUT2D eigenvalue weighted by Gasteiger charge is 2.74. The molecular weight excluding hydrogens is 474 g/mol. The molecule has 0 radical (unpaired) electrons. The van der Waals surface area contributed by atoms with Crippen molar-refractivity contribution in [3.05, 3.63) is 60.2 Å². The fourth-order valence-corrected chi connectivity index (χ4v) is 6.14. The smallest absolute Gasteiger partial charge is 0.246 e. The molecule has 196 valence electrons. The molecule has 3 N–H and O–H groups in total. The predicted molar refractivity (Wildman–Crippen MR) is 136 cm³/mol. The first-order chi connectivity index (χ1) is 18.0. The number of carbonyl (C=O) groups excluding carboxylic acids is 3. The number of hydrogen-bond donors (Lipinski definition) is 3. The van der Waals surface area contributed by atoms with Crippen molar-refractivity contribution in [3.63, 3.8) is 0 Å². The van der Waals surface area contributed by atoms with Crippen molar-refractivity contribution in [3.8, 4) is 5.75 Å². The van der Waals surface area contributed by atoms with Gasteiger partial charge in [0.2, 0.25) is 17.7 Å². The molecule has 2 unspecified atom stereocenters. The summed E-state index contributed by atoms with van der Waals surface area (Å²) >= 11 is 0. The molecule has 0 aliphatic carbocycles. The van der Waals surface area contributed by atoms with Crippen molar-refractivity contribution in [2.45, 2.75) is 50.5 Å². The number of fused-ring (bicyclic) bond motifs is 1. The Labute approximate surface area is 216 Å². The summed E-state index contributed by atoms with van der Waals surface area (Å²) in [5.41, 5.74) is 0.490. The number of aliphatic hydroxyl groups excluding tert-OH is 1. The number of nitrogens with one attached hydrogen (secondary N) is 2. The summed E-state index contributed by atoms with van der Waals surface area (Å²) in [7, 11) is 0. The van der Waals surface area contributed by atoms with E-state index in [4.69, 9.17) is 9.47 Å². The molecule has 3 aliphatic heterocycles. The quantitative estimate of drug-likeness (QED) is 0.454. The van der Waals surface area contributed by atoms with Gasteiger partial charge in [0, 0.05) is 25.4 Å². The lowest BCUT2D eigenvalue weighted by Crippen LogP contribution is -2.55. The number of amides is 3. The first kappa shape index (κ1) is 25.2. The Balaban J connectivity index is 1.37. The highest BCUT2D eigenvalue weighted by molar-refractivity contribution is 6.02. The Hall–Kier alpha value is -3.43. The lowest BCUT2D eigenvalue weighted by Gasteiger charge is -2.33. The van der Waals surface area contributed by atoms with E-state index in [9.17, 15) is 19.5 Å². The van der Waals surface area contributed by atoms with Gasteiger partial charge in [-0.05, 0) is 56.0 Å². The average Bonchev–Trinajstić information content (AvgIpc) is 3.55. The zero-order valence-corrected chi connectivity index (χ0v) is 20.9. The number of hydrogen-bond acceptors (Lipinski definition) is 6. The molecule has 3 aliphatic rings. The maximum atomic E-state index is 13.7. The van der Waals surface area contributed by atoms with Crippen molar-refractivity contribution in [2.24, 2.45) is 11.8 Å². The third-order valence-electron chi connectivity index (χ3n) is 7.65. The minimum atomic E-state index is -1.06. The zero-order chi connectivity index (χ0) is 26.0. The number of likely N-dealkylation sites (tertiary alicyclic amines) is 1. The Morgan fingerprint density at radius 2 is 1.89 bits per heavy atom. The Morgan fingerprint density at radius 1 is 1.14 bits per heavy atom. The van der Waals surface area contributed by atoms with Crippen LogP contribution in [0, 0.1) is 11.8 Å². The van der Waals surface area contributed by atoms with Gasteiger partial charge in [-0.1, -0.05) is 30.3 Å². The van der Waals surface area contributed by atoms with E-state index in [0.29, 0.717) is 43.9 Å². The molecule has 37 heavy (non-hydrogen) atoms. The van der Waals surface area contributed by atoms with Gasteiger partial charge in [-0.3, -0.25) is 14.4 Å². The van der Waals surface area contributed by atoms with Gasteiger partial charge in [0.1, 0.15) is 17.4 Å². The molecule has 1 spiro atoms. The van der Waals surface area contributed by atoms with Crippen molar-refractivity contribution >= 4 is 23.4 Å². The van der Waals surface area contributed by atoms with Crippen LogP contribution in [0.1, 0.15) is 31.7 Å². The summed E-state index contributed by atoms with van der Waals surface area (Å²) in [5.74, 6) is -1.59. The summed E-state index contributed by atoms with van der Waals surface area (Å²) in [6, 6.07) is 15.8. The second-order valence-corrected chi connectivity index (χ2v) is 9.81. The van der Waals surface area contributed by atoms with Gasteiger partial charge in [-0.25, -0.2) is 0 Å². The molecule has 5 rings (SSSR count). The lowest BCUT2D eigenvalue weighted by atomic mass is 9.70. The largest absolute Gasteiger partial charge is 0.494 e. The molecular formula is C28H33N3O6. The second kappa shape index (κ2) is 10.5. The molecule has 5 atom stereocenters. The molecule has 9 heteroatoms. The lowest BCUT2D eigenvalue weighted by molar-refractivity contribution is -0.141. The Morgan fingerprint density at radius 3 is 2.59 bits per heavy atom. The zero-order valence-electron chi connectivity index (χ0n) is 20.9. The fourth-order valence-electron chi connectivity index (χ4n) is 6.14. The van der Waals surface area contributed by atoms with Crippen molar-refractivity contribution < 1.29 is 29.0 Å².